The van der Waals surface area contributed by atoms with Gasteiger partial charge in [-0.2, -0.15) is 5.10 Å². The van der Waals surface area contributed by atoms with Crippen LogP contribution in [0.3, 0.4) is 0 Å². The molecule has 12 heavy (non-hydrogen) atoms. The number of hydrogen-bond donors (Lipinski definition) is 1. The molecule has 1 aromatic heterocycles. The maximum atomic E-state index is 4.15. The fourth-order valence-electron chi connectivity index (χ4n) is 1.79. The van der Waals surface area contributed by atoms with Crippen LogP contribution < -0.4 is 5.32 Å². The zero-order valence-electron chi connectivity index (χ0n) is 7.27. The highest BCUT2D eigenvalue weighted by molar-refractivity contribution is 4.86. The van der Waals surface area contributed by atoms with Gasteiger partial charge in [-0.05, 0) is 32.4 Å². The minimum absolute atomic E-state index is 0.583. The van der Waals surface area contributed by atoms with Gasteiger partial charge in [0.2, 0.25) is 0 Å². The smallest absolute Gasteiger partial charge is 0.137 e. The molecule has 0 saturated heterocycles. The summed E-state index contributed by atoms with van der Waals surface area (Å²) in [5.41, 5.74) is 0. The molecule has 1 aromatic rings. The quantitative estimate of drug-likeness (QED) is 0.709. The zero-order valence-corrected chi connectivity index (χ0v) is 7.27. The third-order valence-electron chi connectivity index (χ3n) is 2.62. The Hall–Kier alpha value is -0.900. The first-order valence-corrected chi connectivity index (χ1v) is 4.40. The standard InChI is InChI=1S/C8H14N4/c1-9-4-7-2-3-8(7)12-6-10-5-11-12/h5-9H,2-4H2,1H3. The monoisotopic (exact) mass is 166 g/mol. The van der Waals surface area contributed by atoms with Gasteiger partial charge >= 0.3 is 0 Å². The summed E-state index contributed by atoms with van der Waals surface area (Å²) in [4.78, 5) is 3.95. The molecule has 1 aliphatic rings. The highest BCUT2D eigenvalue weighted by Crippen LogP contribution is 2.36. The van der Waals surface area contributed by atoms with Gasteiger partial charge in [-0.25, -0.2) is 9.67 Å². The van der Waals surface area contributed by atoms with E-state index in [0.717, 1.165) is 12.5 Å². The Morgan fingerprint density at radius 3 is 3.00 bits per heavy atom. The largest absolute Gasteiger partial charge is 0.319 e. The van der Waals surface area contributed by atoms with Crippen LogP contribution in [-0.2, 0) is 0 Å². The third kappa shape index (κ3) is 1.22. The second kappa shape index (κ2) is 3.23. The molecule has 1 saturated carbocycles. The molecule has 0 radical (unpaired) electrons. The molecule has 1 aliphatic carbocycles. The van der Waals surface area contributed by atoms with Crippen molar-refractivity contribution in [1.29, 1.82) is 0 Å². The minimum Gasteiger partial charge on any atom is -0.319 e. The van der Waals surface area contributed by atoms with Gasteiger partial charge in [0.05, 0.1) is 6.04 Å². The molecule has 4 heteroatoms. The molecule has 0 aromatic carbocycles. The van der Waals surface area contributed by atoms with Crippen molar-refractivity contribution in [2.75, 3.05) is 13.6 Å². The molecule has 2 unspecified atom stereocenters. The van der Waals surface area contributed by atoms with Crippen molar-refractivity contribution >= 4 is 0 Å². The summed E-state index contributed by atoms with van der Waals surface area (Å²) in [5.74, 6) is 0.747. The molecule has 2 rings (SSSR count). The van der Waals surface area contributed by atoms with Crippen LogP contribution in [0.1, 0.15) is 18.9 Å². The van der Waals surface area contributed by atoms with Crippen molar-refractivity contribution in [2.45, 2.75) is 18.9 Å². The second-order valence-corrected chi connectivity index (χ2v) is 3.34. The predicted molar refractivity (Wildman–Crippen MR) is 45.7 cm³/mol. The molecule has 0 spiro atoms. The Morgan fingerprint density at radius 2 is 2.50 bits per heavy atom. The molecule has 0 aliphatic heterocycles. The summed E-state index contributed by atoms with van der Waals surface area (Å²) in [5, 5.41) is 7.35. The van der Waals surface area contributed by atoms with Crippen LogP contribution in [0.25, 0.3) is 0 Å². The number of nitrogens with zero attached hydrogens (tertiary/aromatic N) is 3. The Morgan fingerprint density at radius 1 is 1.58 bits per heavy atom. The molecule has 1 N–H and O–H groups in total. The fourth-order valence-corrected chi connectivity index (χ4v) is 1.79. The average Bonchev–Trinajstić information content (AvgIpc) is 2.51. The first-order chi connectivity index (χ1) is 5.92. The van der Waals surface area contributed by atoms with Crippen LogP contribution in [0, 0.1) is 5.92 Å². The molecule has 0 bridgehead atoms. The van der Waals surface area contributed by atoms with Gasteiger partial charge < -0.3 is 5.32 Å². The lowest BCUT2D eigenvalue weighted by molar-refractivity contribution is 0.165. The predicted octanol–water partition coefficient (Wildman–Crippen LogP) is 0.449. The maximum absolute atomic E-state index is 4.15. The lowest BCUT2D eigenvalue weighted by Gasteiger charge is -2.36. The second-order valence-electron chi connectivity index (χ2n) is 3.34. The Kier molecular flexibility index (Phi) is 2.08. The van der Waals surface area contributed by atoms with E-state index in [1.807, 2.05) is 18.1 Å². The lowest BCUT2D eigenvalue weighted by atomic mass is 9.79. The average molecular weight is 166 g/mol. The summed E-state index contributed by atoms with van der Waals surface area (Å²) in [7, 11) is 2.00. The molecule has 1 heterocycles. The summed E-state index contributed by atoms with van der Waals surface area (Å²) < 4.78 is 1.98. The van der Waals surface area contributed by atoms with Gasteiger partial charge in [-0.15, -0.1) is 0 Å². The van der Waals surface area contributed by atoms with Crippen LogP contribution >= 0.6 is 0 Å². The van der Waals surface area contributed by atoms with E-state index in [1.54, 1.807) is 6.33 Å². The van der Waals surface area contributed by atoms with Crippen molar-refractivity contribution in [3.05, 3.63) is 12.7 Å². The number of nitrogens with one attached hydrogen (secondary N) is 1. The summed E-state index contributed by atoms with van der Waals surface area (Å²) in [6.45, 7) is 1.09. The maximum Gasteiger partial charge on any atom is 0.137 e. The van der Waals surface area contributed by atoms with Crippen molar-refractivity contribution in [2.24, 2.45) is 5.92 Å². The summed E-state index contributed by atoms with van der Waals surface area (Å²) in [6.07, 6.45) is 5.97. The summed E-state index contributed by atoms with van der Waals surface area (Å²) >= 11 is 0. The molecule has 0 amide bonds. The SMILES string of the molecule is CNCC1CCC1n1cncn1. The van der Waals surface area contributed by atoms with E-state index < -0.39 is 0 Å². The van der Waals surface area contributed by atoms with Gasteiger partial charge in [0, 0.05) is 0 Å². The molecule has 1 fully saturated rings. The van der Waals surface area contributed by atoms with Crippen LogP contribution in [0.15, 0.2) is 12.7 Å². The Balaban J connectivity index is 1.97. The van der Waals surface area contributed by atoms with Crippen molar-refractivity contribution in [3.63, 3.8) is 0 Å². The lowest BCUT2D eigenvalue weighted by Crippen LogP contribution is -2.35. The van der Waals surface area contributed by atoms with E-state index in [-0.39, 0.29) is 0 Å². The summed E-state index contributed by atoms with van der Waals surface area (Å²) in [6, 6.07) is 0.583. The zero-order chi connectivity index (χ0) is 8.39. The van der Waals surface area contributed by atoms with Gasteiger partial charge in [0.25, 0.3) is 0 Å². The highest BCUT2D eigenvalue weighted by atomic mass is 15.3. The Labute approximate surface area is 72.0 Å². The van der Waals surface area contributed by atoms with E-state index in [0.29, 0.717) is 6.04 Å². The molecular formula is C8H14N4. The van der Waals surface area contributed by atoms with Crippen LogP contribution in [0.5, 0.6) is 0 Å². The number of rotatable bonds is 3. The van der Waals surface area contributed by atoms with E-state index in [2.05, 4.69) is 15.4 Å². The highest BCUT2D eigenvalue weighted by Gasteiger charge is 2.31. The fraction of sp³-hybridized carbons (Fsp3) is 0.750. The van der Waals surface area contributed by atoms with E-state index >= 15 is 0 Å². The van der Waals surface area contributed by atoms with Crippen LogP contribution in [-0.4, -0.2) is 28.4 Å². The molecular weight excluding hydrogens is 152 g/mol. The van der Waals surface area contributed by atoms with Gasteiger partial charge in [0.15, 0.2) is 0 Å². The topological polar surface area (TPSA) is 42.7 Å². The normalized spacial score (nSPS) is 28.4. The Bertz CT molecular complexity index is 231. The first kappa shape index (κ1) is 7.73. The minimum atomic E-state index is 0.583. The number of hydrogen-bond acceptors (Lipinski definition) is 3. The van der Waals surface area contributed by atoms with Gasteiger partial charge in [-0.1, -0.05) is 0 Å². The van der Waals surface area contributed by atoms with E-state index in [1.165, 1.54) is 12.8 Å². The van der Waals surface area contributed by atoms with Gasteiger partial charge in [0.1, 0.15) is 12.7 Å². The van der Waals surface area contributed by atoms with E-state index in [9.17, 15) is 0 Å². The molecule has 66 valence electrons. The molecule has 4 nitrogen and oxygen atoms in total. The van der Waals surface area contributed by atoms with Crippen LogP contribution in [0.2, 0.25) is 0 Å². The molecule has 2 atom stereocenters. The third-order valence-corrected chi connectivity index (χ3v) is 2.62. The number of aromatic nitrogens is 3. The van der Waals surface area contributed by atoms with Crippen LogP contribution in [0.4, 0.5) is 0 Å². The van der Waals surface area contributed by atoms with Gasteiger partial charge in [-0.3, -0.25) is 0 Å². The van der Waals surface area contributed by atoms with Crippen molar-refractivity contribution < 1.29 is 0 Å². The van der Waals surface area contributed by atoms with Crippen molar-refractivity contribution in [3.8, 4) is 0 Å². The van der Waals surface area contributed by atoms with Crippen molar-refractivity contribution in [1.82, 2.24) is 20.1 Å². The van der Waals surface area contributed by atoms with E-state index in [4.69, 9.17) is 0 Å². The first-order valence-electron chi connectivity index (χ1n) is 4.40.